The molecule has 0 aliphatic heterocycles. The van der Waals surface area contributed by atoms with E-state index in [1.165, 1.54) is 0 Å². The fourth-order valence-electron chi connectivity index (χ4n) is 0.938. The number of carbonyl (C=O) groups excluding carboxylic acids is 1. The van der Waals surface area contributed by atoms with Crippen molar-refractivity contribution < 1.29 is 4.79 Å². The fourth-order valence-corrected chi connectivity index (χ4v) is 1.08. The normalized spacial score (nSPS) is 12.6. The van der Waals surface area contributed by atoms with Crippen LogP contribution in [0, 0.1) is 11.8 Å². The van der Waals surface area contributed by atoms with Crippen LogP contribution in [0.15, 0.2) is 0 Å². The van der Waals surface area contributed by atoms with Gasteiger partial charge in [-0.25, -0.2) is 0 Å². The zero-order valence-electron chi connectivity index (χ0n) is 9.17. The molecule has 0 aromatic carbocycles. The van der Waals surface area contributed by atoms with Gasteiger partial charge in [-0.1, -0.05) is 33.0 Å². The highest BCUT2D eigenvalue weighted by molar-refractivity contribution is 7.80. The van der Waals surface area contributed by atoms with E-state index in [1.807, 2.05) is 20.8 Å². The largest absolute Gasteiger partial charge is 0.393 e. The second-order valence-electron chi connectivity index (χ2n) is 3.89. The zero-order valence-corrected chi connectivity index (χ0v) is 9.99. The summed E-state index contributed by atoms with van der Waals surface area (Å²) < 4.78 is 0. The number of thiocarbonyl (C=S) groups is 1. The highest BCUT2D eigenvalue weighted by Crippen LogP contribution is 2.08. The predicted octanol–water partition coefficient (Wildman–Crippen LogP) is 1.46. The molecule has 14 heavy (non-hydrogen) atoms. The van der Waals surface area contributed by atoms with Gasteiger partial charge in [0, 0.05) is 12.5 Å². The van der Waals surface area contributed by atoms with Gasteiger partial charge < -0.3 is 11.1 Å². The lowest BCUT2D eigenvalue weighted by molar-refractivity contribution is -0.125. The lowest BCUT2D eigenvalue weighted by atomic mass is 9.97. The first-order valence-electron chi connectivity index (χ1n) is 5.01. The first-order valence-corrected chi connectivity index (χ1v) is 5.42. The van der Waals surface area contributed by atoms with Gasteiger partial charge in [-0.2, -0.15) is 0 Å². The molecule has 0 saturated heterocycles. The molecule has 82 valence electrons. The molecule has 0 aliphatic carbocycles. The van der Waals surface area contributed by atoms with Gasteiger partial charge in [0.15, 0.2) is 0 Å². The molecule has 1 amide bonds. The Labute approximate surface area is 91.4 Å². The number of nitrogens with two attached hydrogens (primary N) is 1. The van der Waals surface area contributed by atoms with E-state index in [2.05, 4.69) is 5.32 Å². The maximum absolute atomic E-state index is 11.5. The SMILES string of the molecule is CC(C)C(C)C(=O)NCCCC(N)=S. The number of amides is 1. The summed E-state index contributed by atoms with van der Waals surface area (Å²) in [5.41, 5.74) is 5.34. The standard InChI is InChI=1S/C10H20N2OS/c1-7(2)8(3)10(13)12-6-4-5-9(11)14/h7-8H,4-6H2,1-3H3,(H2,11,14)(H,12,13). The first-order chi connectivity index (χ1) is 6.45. The summed E-state index contributed by atoms with van der Waals surface area (Å²) in [5, 5.41) is 2.86. The van der Waals surface area contributed by atoms with Crippen LogP contribution < -0.4 is 11.1 Å². The highest BCUT2D eigenvalue weighted by Gasteiger charge is 2.15. The van der Waals surface area contributed by atoms with Crippen LogP contribution in [-0.2, 0) is 4.79 Å². The van der Waals surface area contributed by atoms with Gasteiger partial charge in [0.25, 0.3) is 0 Å². The molecule has 0 fully saturated rings. The summed E-state index contributed by atoms with van der Waals surface area (Å²) in [7, 11) is 0. The molecule has 0 radical (unpaired) electrons. The molecule has 1 atom stereocenters. The van der Waals surface area contributed by atoms with Crippen molar-refractivity contribution >= 4 is 23.1 Å². The van der Waals surface area contributed by atoms with Crippen LogP contribution in [0.4, 0.5) is 0 Å². The minimum absolute atomic E-state index is 0.0693. The van der Waals surface area contributed by atoms with E-state index in [4.69, 9.17) is 18.0 Å². The Morgan fingerprint density at radius 1 is 1.43 bits per heavy atom. The van der Waals surface area contributed by atoms with Crippen molar-refractivity contribution in [2.45, 2.75) is 33.6 Å². The number of hydrogen-bond acceptors (Lipinski definition) is 2. The average molecular weight is 216 g/mol. The quantitative estimate of drug-likeness (QED) is 0.522. The van der Waals surface area contributed by atoms with Crippen LogP contribution in [0.1, 0.15) is 33.6 Å². The average Bonchev–Trinajstić information content (AvgIpc) is 2.10. The van der Waals surface area contributed by atoms with E-state index in [9.17, 15) is 4.79 Å². The van der Waals surface area contributed by atoms with Crippen molar-refractivity contribution in [3.8, 4) is 0 Å². The zero-order chi connectivity index (χ0) is 11.1. The van der Waals surface area contributed by atoms with Crippen LogP contribution in [0.3, 0.4) is 0 Å². The lowest BCUT2D eigenvalue weighted by Gasteiger charge is -2.14. The number of nitrogens with one attached hydrogen (secondary N) is 1. The molecule has 4 heteroatoms. The molecule has 0 aromatic rings. The number of rotatable bonds is 6. The van der Waals surface area contributed by atoms with Crippen molar-refractivity contribution in [1.29, 1.82) is 0 Å². The molecule has 0 bridgehead atoms. The van der Waals surface area contributed by atoms with Crippen LogP contribution in [0.5, 0.6) is 0 Å². The summed E-state index contributed by atoms with van der Waals surface area (Å²) in [4.78, 5) is 12.0. The fraction of sp³-hybridized carbons (Fsp3) is 0.800. The van der Waals surface area contributed by atoms with Crippen molar-refractivity contribution in [2.75, 3.05) is 6.54 Å². The third-order valence-corrected chi connectivity index (χ3v) is 2.52. The predicted molar refractivity (Wildman–Crippen MR) is 63.0 cm³/mol. The Balaban J connectivity index is 3.59. The van der Waals surface area contributed by atoms with E-state index in [1.54, 1.807) is 0 Å². The topological polar surface area (TPSA) is 55.1 Å². The smallest absolute Gasteiger partial charge is 0.223 e. The third kappa shape index (κ3) is 5.91. The Bertz CT molecular complexity index is 204. The number of hydrogen-bond donors (Lipinski definition) is 2. The van der Waals surface area contributed by atoms with Gasteiger partial charge >= 0.3 is 0 Å². The molecule has 0 saturated carbocycles. The minimum atomic E-state index is 0.0693. The Morgan fingerprint density at radius 2 is 2.00 bits per heavy atom. The highest BCUT2D eigenvalue weighted by atomic mass is 32.1. The van der Waals surface area contributed by atoms with Gasteiger partial charge in [0.05, 0.1) is 4.99 Å². The van der Waals surface area contributed by atoms with Crippen LogP contribution >= 0.6 is 12.2 Å². The van der Waals surface area contributed by atoms with E-state index in [0.29, 0.717) is 23.9 Å². The van der Waals surface area contributed by atoms with Crippen molar-refractivity contribution in [2.24, 2.45) is 17.6 Å². The van der Waals surface area contributed by atoms with Gasteiger partial charge in [-0.15, -0.1) is 0 Å². The van der Waals surface area contributed by atoms with Crippen molar-refractivity contribution in [3.05, 3.63) is 0 Å². The summed E-state index contributed by atoms with van der Waals surface area (Å²) in [5.74, 6) is 0.563. The summed E-state index contributed by atoms with van der Waals surface area (Å²) >= 11 is 4.73. The van der Waals surface area contributed by atoms with Gasteiger partial charge in [0.1, 0.15) is 0 Å². The maximum Gasteiger partial charge on any atom is 0.223 e. The molecule has 0 heterocycles. The van der Waals surface area contributed by atoms with Gasteiger partial charge in [-0.05, 0) is 18.8 Å². The maximum atomic E-state index is 11.5. The summed E-state index contributed by atoms with van der Waals surface area (Å²) in [6, 6.07) is 0. The first kappa shape index (κ1) is 13.4. The third-order valence-electron chi connectivity index (χ3n) is 2.31. The second-order valence-corrected chi connectivity index (χ2v) is 4.42. The Hall–Kier alpha value is -0.640. The van der Waals surface area contributed by atoms with E-state index < -0.39 is 0 Å². The molecule has 3 N–H and O–H groups in total. The van der Waals surface area contributed by atoms with Crippen LogP contribution in [0.25, 0.3) is 0 Å². The van der Waals surface area contributed by atoms with E-state index in [0.717, 1.165) is 6.42 Å². The Kier molecular flexibility index (Phi) is 6.45. The molecule has 1 unspecified atom stereocenters. The van der Waals surface area contributed by atoms with E-state index >= 15 is 0 Å². The molecule has 0 aliphatic rings. The van der Waals surface area contributed by atoms with Crippen molar-refractivity contribution in [1.82, 2.24) is 5.32 Å². The molecule has 0 rings (SSSR count). The lowest BCUT2D eigenvalue weighted by Crippen LogP contribution is -2.32. The monoisotopic (exact) mass is 216 g/mol. The summed E-state index contributed by atoms with van der Waals surface area (Å²) in [6.07, 6.45) is 1.53. The molecule has 3 nitrogen and oxygen atoms in total. The van der Waals surface area contributed by atoms with E-state index in [-0.39, 0.29) is 11.8 Å². The van der Waals surface area contributed by atoms with Gasteiger partial charge in [-0.3, -0.25) is 4.79 Å². The molecular formula is C10H20N2OS. The van der Waals surface area contributed by atoms with Crippen LogP contribution in [0.2, 0.25) is 0 Å². The Morgan fingerprint density at radius 3 is 2.43 bits per heavy atom. The second kappa shape index (κ2) is 6.76. The summed E-state index contributed by atoms with van der Waals surface area (Å²) in [6.45, 7) is 6.68. The van der Waals surface area contributed by atoms with Gasteiger partial charge in [0.2, 0.25) is 5.91 Å². The van der Waals surface area contributed by atoms with Crippen molar-refractivity contribution in [3.63, 3.8) is 0 Å². The molecule has 0 aromatic heterocycles. The molecule has 0 spiro atoms. The van der Waals surface area contributed by atoms with Crippen LogP contribution in [-0.4, -0.2) is 17.4 Å². The minimum Gasteiger partial charge on any atom is -0.393 e. The molecular weight excluding hydrogens is 196 g/mol. The number of carbonyl (C=O) groups is 1.